The van der Waals surface area contributed by atoms with Crippen LogP contribution in [-0.2, 0) is 6.42 Å². The molecule has 0 spiro atoms. The van der Waals surface area contributed by atoms with Gasteiger partial charge in [-0.05, 0) is 49.1 Å². The predicted molar refractivity (Wildman–Crippen MR) is 88.3 cm³/mol. The summed E-state index contributed by atoms with van der Waals surface area (Å²) < 4.78 is 0. The molecule has 2 unspecified atom stereocenters. The Morgan fingerprint density at radius 2 is 2.05 bits per heavy atom. The Morgan fingerprint density at radius 3 is 2.80 bits per heavy atom. The molecular weight excluding hydrogens is 242 g/mol. The van der Waals surface area contributed by atoms with Crippen LogP contribution in [0.3, 0.4) is 0 Å². The van der Waals surface area contributed by atoms with E-state index in [9.17, 15) is 0 Å². The van der Waals surface area contributed by atoms with Gasteiger partial charge in [0.05, 0.1) is 0 Å². The highest BCUT2D eigenvalue weighted by molar-refractivity contribution is 5.32. The lowest BCUT2D eigenvalue weighted by Gasteiger charge is -2.30. The van der Waals surface area contributed by atoms with Gasteiger partial charge in [0.1, 0.15) is 0 Å². The quantitative estimate of drug-likeness (QED) is 0.732. The zero-order chi connectivity index (χ0) is 14.4. The maximum atomic E-state index is 3.79. The van der Waals surface area contributed by atoms with Crippen LogP contribution in [0.25, 0.3) is 0 Å². The highest BCUT2D eigenvalue weighted by atomic mass is 14.9. The zero-order valence-electron chi connectivity index (χ0n) is 13.5. The summed E-state index contributed by atoms with van der Waals surface area (Å²) in [7, 11) is 0. The van der Waals surface area contributed by atoms with Crippen molar-refractivity contribution in [3.8, 4) is 0 Å². The monoisotopic (exact) mass is 273 g/mol. The SMILES string of the molecule is CCCCC(CC1CCCc2ccccc21)NC(C)C. The third-order valence-electron chi connectivity index (χ3n) is 4.54. The second-order valence-electron chi connectivity index (χ2n) is 6.68. The van der Waals surface area contributed by atoms with E-state index in [1.54, 1.807) is 11.1 Å². The first-order valence-corrected chi connectivity index (χ1v) is 8.54. The van der Waals surface area contributed by atoms with Gasteiger partial charge in [0.2, 0.25) is 0 Å². The number of fused-ring (bicyclic) bond motifs is 1. The minimum Gasteiger partial charge on any atom is -0.312 e. The molecule has 0 heterocycles. The van der Waals surface area contributed by atoms with E-state index < -0.39 is 0 Å². The Labute approximate surface area is 125 Å². The summed E-state index contributed by atoms with van der Waals surface area (Å²) in [6, 6.07) is 10.4. The summed E-state index contributed by atoms with van der Waals surface area (Å²) in [5.41, 5.74) is 3.23. The van der Waals surface area contributed by atoms with Crippen molar-refractivity contribution in [2.75, 3.05) is 0 Å². The fourth-order valence-corrected chi connectivity index (χ4v) is 3.63. The van der Waals surface area contributed by atoms with Gasteiger partial charge in [-0.1, -0.05) is 57.9 Å². The Kier molecular flexibility index (Phi) is 6.09. The van der Waals surface area contributed by atoms with Gasteiger partial charge in [-0.3, -0.25) is 0 Å². The fraction of sp³-hybridized carbons (Fsp3) is 0.684. The van der Waals surface area contributed by atoms with Crippen LogP contribution in [0, 0.1) is 0 Å². The molecule has 1 aromatic rings. The van der Waals surface area contributed by atoms with Crippen molar-refractivity contribution in [2.45, 2.75) is 83.7 Å². The van der Waals surface area contributed by atoms with Crippen LogP contribution in [0.4, 0.5) is 0 Å². The highest BCUT2D eigenvalue weighted by Gasteiger charge is 2.23. The minimum atomic E-state index is 0.593. The van der Waals surface area contributed by atoms with E-state index in [-0.39, 0.29) is 0 Å². The lowest BCUT2D eigenvalue weighted by atomic mass is 9.79. The topological polar surface area (TPSA) is 12.0 Å². The van der Waals surface area contributed by atoms with Gasteiger partial charge in [-0.25, -0.2) is 0 Å². The Balaban J connectivity index is 2.03. The normalized spacial score (nSPS) is 19.9. The van der Waals surface area contributed by atoms with Gasteiger partial charge in [0.15, 0.2) is 0 Å². The smallest absolute Gasteiger partial charge is 0.00752 e. The summed E-state index contributed by atoms with van der Waals surface area (Å²) >= 11 is 0. The van der Waals surface area contributed by atoms with Crippen molar-refractivity contribution < 1.29 is 0 Å². The maximum Gasteiger partial charge on any atom is 0.00752 e. The third kappa shape index (κ3) is 4.34. The summed E-state index contributed by atoms with van der Waals surface area (Å²) in [5.74, 6) is 0.771. The van der Waals surface area contributed by atoms with Gasteiger partial charge < -0.3 is 5.32 Å². The fourth-order valence-electron chi connectivity index (χ4n) is 3.63. The highest BCUT2D eigenvalue weighted by Crippen LogP contribution is 2.35. The van der Waals surface area contributed by atoms with Crippen LogP contribution in [0.15, 0.2) is 24.3 Å². The summed E-state index contributed by atoms with van der Waals surface area (Å²) in [6.07, 6.45) is 9.31. The Bertz CT molecular complexity index is 397. The number of nitrogens with one attached hydrogen (secondary N) is 1. The predicted octanol–water partition coefficient (Wildman–Crippen LogP) is 5.05. The number of hydrogen-bond acceptors (Lipinski definition) is 1. The summed E-state index contributed by atoms with van der Waals surface area (Å²) in [6.45, 7) is 6.84. The van der Waals surface area contributed by atoms with Crippen molar-refractivity contribution >= 4 is 0 Å². The van der Waals surface area contributed by atoms with Crippen LogP contribution < -0.4 is 5.32 Å². The minimum absolute atomic E-state index is 0.593. The van der Waals surface area contributed by atoms with Gasteiger partial charge in [-0.15, -0.1) is 0 Å². The van der Waals surface area contributed by atoms with Crippen molar-refractivity contribution in [1.82, 2.24) is 5.32 Å². The molecule has 0 amide bonds. The molecule has 112 valence electrons. The second kappa shape index (κ2) is 7.83. The molecule has 0 saturated carbocycles. The Morgan fingerprint density at radius 1 is 1.25 bits per heavy atom. The van der Waals surface area contributed by atoms with Crippen molar-refractivity contribution in [3.63, 3.8) is 0 Å². The van der Waals surface area contributed by atoms with E-state index in [4.69, 9.17) is 0 Å². The van der Waals surface area contributed by atoms with E-state index in [0.717, 1.165) is 5.92 Å². The van der Waals surface area contributed by atoms with E-state index >= 15 is 0 Å². The molecule has 1 aliphatic rings. The van der Waals surface area contributed by atoms with Crippen LogP contribution >= 0.6 is 0 Å². The number of benzene rings is 1. The van der Waals surface area contributed by atoms with Gasteiger partial charge >= 0.3 is 0 Å². The molecule has 0 fully saturated rings. The summed E-state index contributed by atoms with van der Waals surface area (Å²) in [4.78, 5) is 0. The van der Waals surface area contributed by atoms with Crippen molar-refractivity contribution in [3.05, 3.63) is 35.4 Å². The molecule has 0 aliphatic heterocycles. The molecule has 20 heavy (non-hydrogen) atoms. The molecule has 1 nitrogen and oxygen atoms in total. The molecule has 1 aromatic carbocycles. The second-order valence-corrected chi connectivity index (χ2v) is 6.68. The molecule has 2 atom stereocenters. The van der Waals surface area contributed by atoms with Gasteiger partial charge in [0.25, 0.3) is 0 Å². The number of rotatable bonds is 7. The Hall–Kier alpha value is -0.820. The molecule has 1 aliphatic carbocycles. The van der Waals surface area contributed by atoms with Crippen molar-refractivity contribution in [1.29, 1.82) is 0 Å². The van der Waals surface area contributed by atoms with Crippen LogP contribution in [0.2, 0.25) is 0 Å². The lowest BCUT2D eigenvalue weighted by molar-refractivity contribution is 0.363. The van der Waals surface area contributed by atoms with Gasteiger partial charge in [-0.2, -0.15) is 0 Å². The molecule has 1 N–H and O–H groups in total. The molecule has 2 rings (SSSR count). The first-order valence-electron chi connectivity index (χ1n) is 8.54. The number of unbranched alkanes of at least 4 members (excludes halogenated alkanes) is 1. The van der Waals surface area contributed by atoms with Crippen LogP contribution in [0.1, 0.15) is 76.3 Å². The third-order valence-corrected chi connectivity index (χ3v) is 4.54. The van der Waals surface area contributed by atoms with Crippen molar-refractivity contribution in [2.24, 2.45) is 0 Å². The molecular formula is C19H31N. The number of aryl methyl sites for hydroxylation is 1. The molecule has 0 aromatic heterocycles. The molecule has 0 bridgehead atoms. The van der Waals surface area contributed by atoms with Gasteiger partial charge in [0, 0.05) is 12.1 Å². The largest absolute Gasteiger partial charge is 0.312 e. The first kappa shape index (κ1) is 15.6. The maximum absolute atomic E-state index is 3.79. The first-order chi connectivity index (χ1) is 9.70. The van der Waals surface area contributed by atoms with E-state index in [1.165, 1.54) is 44.9 Å². The average molecular weight is 273 g/mol. The average Bonchev–Trinajstić information content (AvgIpc) is 2.44. The zero-order valence-corrected chi connectivity index (χ0v) is 13.5. The van der Waals surface area contributed by atoms with Crippen LogP contribution in [-0.4, -0.2) is 12.1 Å². The summed E-state index contributed by atoms with van der Waals surface area (Å²) in [5, 5.41) is 3.79. The van der Waals surface area contributed by atoms with Crippen LogP contribution in [0.5, 0.6) is 0 Å². The molecule has 0 saturated heterocycles. The standard InChI is InChI=1S/C19H31N/c1-4-5-12-18(20-15(2)3)14-17-11-8-10-16-9-6-7-13-19(16)17/h6-7,9,13,15,17-18,20H,4-5,8,10-12,14H2,1-3H3. The lowest BCUT2D eigenvalue weighted by Crippen LogP contribution is -2.36. The van der Waals surface area contributed by atoms with E-state index in [0.29, 0.717) is 12.1 Å². The van der Waals surface area contributed by atoms with E-state index in [1.807, 2.05) is 0 Å². The number of hydrogen-bond donors (Lipinski definition) is 1. The molecule has 1 heteroatoms. The molecule has 0 radical (unpaired) electrons. The van der Waals surface area contributed by atoms with E-state index in [2.05, 4.69) is 50.4 Å².